The monoisotopic (exact) mass is 431 g/mol. The average Bonchev–Trinajstić information content (AvgIpc) is 3.09. The van der Waals surface area contributed by atoms with E-state index in [9.17, 15) is 12.8 Å². The summed E-state index contributed by atoms with van der Waals surface area (Å²) in [4.78, 5) is 9.07. The molecule has 0 amide bonds. The Kier molecular flexibility index (Phi) is 7.04. The summed E-state index contributed by atoms with van der Waals surface area (Å²) in [5, 5.41) is 6.39. The van der Waals surface area contributed by atoms with Gasteiger partial charge in [-0.1, -0.05) is 12.1 Å². The maximum Gasteiger partial charge on any atom is 0.191 e. The number of hydrogen-bond donors (Lipinski definition) is 2. The second-order valence-electron chi connectivity index (χ2n) is 7.05. The summed E-state index contributed by atoms with van der Waals surface area (Å²) in [5.74, 6) is 0.0220. The van der Waals surface area contributed by atoms with Gasteiger partial charge in [-0.2, -0.15) is 0 Å². The van der Waals surface area contributed by atoms with E-state index >= 15 is 0 Å². The number of rotatable bonds is 8. The molecule has 3 rings (SSSR count). The molecular formula is C21H26FN5O2S. The van der Waals surface area contributed by atoms with Gasteiger partial charge in [0, 0.05) is 38.2 Å². The number of benzene rings is 1. The number of halogens is 1. The van der Waals surface area contributed by atoms with Crippen molar-refractivity contribution in [2.75, 3.05) is 19.3 Å². The summed E-state index contributed by atoms with van der Waals surface area (Å²) in [6.07, 6.45) is 5.82. The van der Waals surface area contributed by atoms with Crippen molar-refractivity contribution in [2.24, 2.45) is 4.99 Å². The highest BCUT2D eigenvalue weighted by molar-refractivity contribution is 7.89. The number of hydrogen-bond acceptors (Lipinski definition) is 4. The lowest BCUT2D eigenvalue weighted by Crippen LogP contribution is -2.38. The van der Waals surface area contributed by atoms with E-state index in [1.54, 1.807) is 0 Å². The smallest absolute Gasteiger partial charge is 0.191 e. The molecule has 0 atom stereocenters. The van der Waals surface area contributed by atoms with E-state index in [0.717, 1.165) is 17.6 Å². The molecule has 2 heterocycles. The zero-order chi connectivity index (χ0) is 21.6. The number of aliphatic imine (C=N–C) groups is 1. The van der Waals surface area contributed by atoms with Crippen LogP contribution in [0.1, 0.15) is 23.7 Å². The molecule has 0 radical (unpaired) electrons. The standard InChI is InChI=1S/C21H26FN5O2S/c1-3-23-21(24-10-9-19-14-27-11-5-4-6-20(27)26-19)25-13-17-12-18(22)8-7-16(17)15-30(2,28)29/h4-8,11-12,14H,3,9-10,13,15H2,1-2H3,(H2,23,24,25). The highest BCUT2D eigenvalue weighted by Crippen LogP contribution is 2.15. The normalized spacial score (nSPS) is 12.3. The fourth-order valence-corrected chi connectivity index (χ4v) is 3.93. The van der Waals surface area contributed by atoms with Crippen molar-refractivity contribution < 1.29 is 12.8 Å². The first-order valence-corrected chi connectivity index (χ1v) is 11.8. The largest absolute Gasteiger partial charge is 0.357 e. The van der Waals surface area contributed by atoms with Crippen LogP contribution < -0.4 is 10.6 Å². The lowest BCUT2D eigenvalue weighted by molar-refractivity contribution is 0.600. The summed E-state index contributed by atoms with van der Waals surface area (Å²) in [5.41, 5.74) is 2.98. The minimum Gasteiger partial charge on any atom is -0.357 e. The third kappa shape index (κ3) is 6.28. The van der Waals surface area contributed by atoms with Crippen molar-refractivity contribution in [1.82, 2.24) is 20.0 Å². The first-order valence-electron chi connectivity index (χ1n) is 9.74. The molecule has 0 bridgehead atoms. The highest BCUT2D eigenvalue weighted by Gasteiger charge is 2.11. The van der Waals surface area contributed by atoms with Crippen LogP contribution in [0, 0.1) is 5.82 Å². The number of sulfone groups is 1. The number of fused-ring (bicyclic) bond motifs is 1. The topological polar surface area (TPSA) is 87.9 Å². The lowest BCUT2D eigenvalue weighted by Gasteiger charge is -2.12. The second-order valence-corrected chi connectivity index (χ2v) is 9.19. The Bertz CT molecular complexity index is 1110. The molecule has 0 fully saturated rings. The number of nitrogens with zero attached hydrogens (tertiary/aromatic N) is 3. The molecule has 0 saturated heterocycles. The van der Waals surface area contributed by atoms with E-state index in [4.69, 9.17) is 0 Å². The van der Waals surface area contributed by atoms with Gasteiger partial charge in [0.25, 0.3) is 0 Å². The van der Waals surface area contributed by atoms with Gasteiger partial charge in [-0.05, 0) is 42.3 Å². The minimum absolute atomic E-state index is 0.143. The van der Waals surface area contributed by atoms with Gasteiger partial charge >= 0.3 is 0 Å². The Labute approximate surface area is 176 Å². The first kappa shape index (κ1) is 21.8. The van der Waals surface area contributed by atoms with E-state index in [-0.39, 0.29) is 12.3 Å². The molecule has 0 unspecified atom stereocenters. The molecule has 0 saturated carbocycles. The molecule has 0 aliphatic heterocycles. The fraction of sp³-hybridized carbons (Fsp3) is 0.333. The Morgan fingerprint density at radius 2 is 2.03 bits per heavy atom. The molecule has 0 aliphatic carbocycles. The summed E-state index contributed by atoms with van der Waals surface area (Å²) in [6.45, 7) is 3.41. The SMILES string of the molecule is CCNC(=NCc1cc(F)ccc1CS(C)(=O)=O)NCCc1cn2ccccc2n1. The van der Waals surface area contributed by atoms with E-state index in [1.165, 1.54) is 18.2 Å². The van der Waals surface area contributed by atoms with E-state index < -0.39 is 15.7 Å². The van der Waals surface area contributed by atoms with Gasteiger partial charge in [0.15, 0.2) is 15.8 Å². The molecule has 0 aliphatic rings. The maximum absolute atomic E-state index is 13.7. The molecule has 9 heteroatoms. The Morgan fingerprint density at radius 3 is 2.77 bits per heavy atom. The maximum atomic E-state index is 13.7. The van der Waals surface area contributed by atoms with Crippen LogP contribution in [0.3, 0.4) is 0 Å². The van der Waals surface area contributed by atoms with Crippen LogP contribution >= 0.6 is 0 Å². The van der Waals surface area contributed by atoms with Gasteiger partial charge in [-0.15, -0.1) is 0 Å². The quantitative estimate of drug-likeness (QED) is 0.422. The first-order chi connectivity index (χ1) is 14.3. The fourth-order valence-electron chi connectivity index (χ4n) is 3.09. The Hall–Kier alpha value is -2.94. The molecule has 2 N–H and O–H groups in total. The molecule has 0 spiro atoms. The van der Waals surface area contributed by atoms with Crippen molar-refractivity contribution in [2.45, 2.75) is 25.6 Å². The molecule has 160 valence electrons. The van der Waals surface area contributed by atoms with Crippen LogP contribution in [0.15, 0.2) is 53.8 Å². The molecular weight excluding hydrogens is 405 g/mol. The molecule has 1 aromatic carbocycles. The third-order valence-corrected chi connectivity index (χ3v) is 5.26. The van der Waals surface area contributed by atoms with Crippen molar-refractivity contribution in [3.05, 3.63) is 71.4 Å². The number of nitrogens with one attached hydrogen (secondary N) is 2. The molecule has 7 nitrogen and oxygen atoms in total. The summed E-state index contributed by atoms with van der Waals surface area (Å²) < 4.78 is 39.0. The average molecular weight is 432 g/mol. The van der Waals surface area contributed by atoms with Crippen molar-refractivity contribution >= 4 is 21.4 Å². The van der Waals surface area contributed by atoms with E-state index in [1.807, 2.05) is 41.9 Å². The summed E-state index contributed by atoms with van der Waals surface area (Å²) in [6, 6.07) is 9.97. The van der Waals surface area contributed by atoms with E-state index in [2.05, 4.69) is 20.6 Å². The number of guanidine groups is 1. The Balaban J connectivity index is 1.66. The Morgan fingerprint density at radius 1 is 1.20 bits per heavy atom. The summed E-state index contributed by atoms with van der Waals surface area (Å²) >= 11 is 0. The number of aromatic nitrogens is 2. The van der Waals surface area contributed by atoms with Gasteiger partial charge in [0.2, 0.25) is 0 Å². The predicted molar refractivity (Wildman–Crippen MR) is 117 cm³/mol. The summed E-state index contributed by atoms with van der Waals surface area (Å²) in [7, 11) is -3.23. The highest BCUT2D eigenvalue weighted by atomic mass is 32.2. The van der Waals surface area contributed by atoms with Gasteiger partial charge in [-0.3, -0.25) is 0 Å². The van der Waals surface area contributed by atoms with Gasteiger partial charge in [0.05, 0.1) is 18.0 Å². The third-order valence-electron chi connectivity index (χ3n) is 4.43. The van der Waals surface area contributed by atoms with Gasteiger partial charge < -0.3 is 15.0 Å². The van der Waals surface area contributed by atoms with Crippen LogP contribution in [0.5, 0.6) is 0 Å². The minimum atomic E-state index is -3.23. The van der Waals surface area contributed by atoms with Crippen LogP contribution in [0.4, 0.5) is 4.39 Å². The van der Waals surface area contributed by atoms with Crippen LogP contribution in [0.2, 0.25) is 0 Å². The number of imidazole rings is 1. The zero-order valence-electron chi connectivity index (χ0n) is 17.1. The van der Waals surface area contributed by atoms with Crippen molar-refractivity contribution in [3.8, 4) is 0 Å². The lowest BCUT2D eigenvalue weighted by atomic mass is 10.1. The van der Waals surface area contributed by atoms with Crippen LogP contribution in [-0.4, -0.2) is 43.1 Å². The second kappa shape index (κ2) is 9.71. The van der Waals surface area contributed by atoms with Gasteiger partial charge in [-0.25, -0.2) is 22.8 Å². The molecule has 2 aromatic heterocycles. The molecule has 30 heavy (non-hydrogen) atoms. The zero-order valence-corrected chi connectivity index (χ0v) is 17.9. The van der Waals surface area contributed by atoms with Crippen LogP contribution in [0.25, 0.3) is 5.65 Å². The molecule has 3 aromatic rings. The van der Waals surface area contributed by atoms with Crippen molar-refractivity contribution in [1.29, 1.82) is 0 Å². The number of pyridine rings is 1. The van der Waals surface area contributed by atoms with E-state index in [0.29, 0.717) is 36.6 Å². The predicted octanol–water partition coefficient (Wildman–Crippen LogP) is 2.32. The van der Waals surface area contributed by atoms with Crippen molar-refractivity contribution in [3.63, 3.8) is 0 Å². The van der Waals surface area contributed by atoms with Gasteiger partial charge in [0.1, 0.15) is 11.5 Å². The van der Waals surface area contributed by atoms with Crippen LogP contribution in [-0.2, 0) is 28.6 Å².